The van der Waals surface area contributed by atoms with Crippen LogP contribution in [0, 0.1) is 0 Å². The lowest BCUT2D eigenvalue weighted by atomic mass is 9.99. The predicted molar refractivity (Wildman–Crippen MR) is 111 cm³/mol. The molecule has 0 aliphatic rings. The minimum atomic E-state index is -0.0145. The minimum absolute atomic E-state index is 0.0145. The molecule has 132 valence electrons. The summed E-state index contributed by atoms with van der Waals surface area (Å²) < 4.78 is 11.7. The Hall–Kier alpha value is -3.85. The smallest absolute Gasteiger partial charge is 0.193 e. The fraction of sp³-hybridized carbons (Fsp3) is 0. The van der Waals surface area contributed by atoms with E-state index in [2.05, 4.69) is 0 Å². The molecule has 2 heterocycles. The fourth-order valence-corrected chi connectivity index (χ4v) is 3.90. The van der Waals surface area contributed by atoms with E-state index in [9.17, 15) is 4.79 Å². The van der Waals surface area contributed by atoms with Crippen LogP contribution in [0.4, 0.5) is 0 Å². The third kappa shape index (κ3) is 2.13. The van der Waals surface area contributed by atoms with Crippen LogP contribution in [0.1, 0.15) is 15.9 Å². The first-order valence-corrected chi connectivity index (χ1v) is 9.15. The van der Waals surface area contributed by atoms with Gasteiger partial charge >= 0.3 is 0 Å². The summed E-state index contributed by atoms with van der Waals surface area (Å²) in [5.41, 5.74) is 4.52. The normalized spacial score (nSPS) is 11.7. The van der Waals surface area contributed by atoms with Crippen LogP contribution in [-0.4, -0.2) is 5.78 Å². The van der Waals surface area contributed by atoms with Crippen LogP contribution in [0.3, 0.4) is 0 Å². The Morgan fingerprint density at radius 1 is 0.500 bits per heavy atom. The highest BCUT2D eigenvalue weighted by atomic mass is 16.3. The average molecular weight is 362 g/mol. The van der Waals surface area contributed by atoms with Gasteiger partial charge in [0.2, 0.25) is 0 Å². The molecule has 6 rings (SSSR count). The SMILES string of the molecule is O=C(c1ccc2oc3ccccc3c2c1)c1ccc2oc3ccccc3c2c1. The van der Waals surface area contributed by atoms with Crippen LogP contribution in [-0.2, 0) is 0 Å². The van der Waals surface area contributed by atoms with Crippen molar-refractivity contribution in [3.8, 4) is 0 Å². The molecular weight excluding hydrogens is 348 g/mol. The zero-order valence-electron chi connectivity index (χ0n) is 14.8. The molecule has 0 aliphatic heterocycles. The van der Waals surface area contributed by atoms with E-state index in [1.807, 2.05) is 84.9 Å². The van der Waals surface area contributed by atoms with Crippen LogP contribution in [0.25, 0.3) is 43.9 Å². The van der Waals surface area contributed by atoms with Crippen molar-refractivity contribution in [2.24, 2.45) is 0 Å². The molecule has 28 heavy (non-hydrogen) atoms. The molecule has 0 aliphatic carbocycles. The molecule has 0 amide bonds. The van der Waals surface area contributed by atoms with Gasteiger partial charge in [-0.15, -0.1) is 0 Å². The molecule has 0 N–H and O–H groups in total. The molecule has 2 aromatic heterocycles. The van der Waals surface area contributed by atoms with E-state index in [0.29, 0.717) is 11.1 Å². The van der Waals surface area contributed by atoms with Crippen molar-refractivity contribution in [3.05, 3.63) is 96.1 Å². The van der Waals surface area contributed by atoms with Crippen LogP contribution in [0.2, 0.25) is 0 Å². The lowest BCUT2D eigenvalue weighted by Crippen LogP contribution is -2.00. The van der Waals surface area contributed by atoms with E-state index in [4.69, 9.17) is 8.83 Å². The number of carbonyl (C=O) groups is 1. The number of fused-ring (bicyclic) bond motifs is 6. The Morgan fingerprint density at radius 3 is 1.43 bits per heavy atom. The van der Waals surface area contributed by atoms with Crippen molar-refractivity contribution < 1.29 is 13.6 Å². The van der Waals surface area contributed by atoms with E-state index in [-0.39, 0.29) is 5.78 Å². The Balaban J connectivity index is 1.51. The summed E-state index contributed by atoms with van der Waals surface area (Å²) in [6.07, 6.45) is 0. The highest BCUT2D eigenvalue weighted by Gasteiger charge is 2.15. The van der Waals surface area contributed by atoms with Gasteiger partial charge in [0.15, 0.2) is 5.78 Å². The fourth-order valence-electron chi connectivity index (χ4n) is 3.90. The molecule has 0 saturated carbocycles. The van der Waals surface area contributed by atoms with Gasteiger partial charge in [0, 0.05) is 32.7 Å². The van der Waals surface area contributed by atoms with E-state index < -0.39 is 0 Å². The quantitative estimate of drug-likeness (QED) is 0.321. The Bertz CT molecular complexity index is 1420. The lowest BCUT2D eigenvalue weighted by molar-refractivity contribution is 0.103. The molecule has 0 saturated heterocycles. The molecule has 0 bridgehead atoms. The topological polar surface area (TPSA) is 43.4 Å². The van der Waals surface area contributed by atoms with Gasteiger partial charge in [-0.1, -0.05) is 36.4 Å². The summed E-state index contributed by atoms with van der Waals surface area (Å²) in [4.78, 5) is 13.2. The maximum Gasteiger partial charge on any atom is 0.193 e. The van der Waals surface area contributed by atoms with Crippen molar-refractivity contribution in [1.29, 1.82) is 0 Å². The molecule has 3 heteroatoms. The van der Waals surface area contributed by atoms with Crippen LogP contribution >= 0.6 is 0 Å². The van der Waals surface area contributed by atoms with Crippen molar-refractivity contribution in [1.82, 2.24) is 0 Å². The number of hydrogen-bond acceptors (Lipinski definition) is 3. The molecule has 4 aromatic carbocycles. The van der Waals surface area contributed by atoms with Crippen LogP contribution in [0.15, 0.2) is 93.8 Å². The summed E-state index contributed by atoms with van der Waals surface area (Å²) in [6, 6.07) is 27.0. The van der Waals surface area contributed by atoms with Gasteiger partial charge in [0.05, 0.1) is 0 Å². The van der Waals surface area contributed by atoms with Crippen molar-refractivity contribution in [3.63, 3.8) is 0 Å². The van der Waals surface area contributed by atoms with Gasteiger partial charge < -0.3 is 8.83 Å². The van der Waals surface area contributed by atoms with Crippen molar-refractivity contribution >= 4 is 49.7 Å². The molecule has 3 nitrogen and oxygen atoms in total. The van der Waals surface area contributed by atoms with Crippen LogP contribution in [0.5, 0.6) is 0 Å². The van der Waals surface area contributed by atoms with Gasteiger partial charge in [-0.3, -0.25) is 4.79 Å². The molecule has 0 spiro atoms. The number of ketones is 1. The maximum atomic E-state index is 13.2. The molecule has 0 unspecified atom stereocenters. The molecular formula is C25H14O3. The van der Waals surface area contributed by atoms with Gasteiger partial charge in [0.1, 0.15) is 22.3 Å². The first-order valence-electron chi connectivity index (χ1n) is 9.15. The van der Waals surface area contributed by atoms with Crippen LogP contribution < -0.4 is 0 Å². The zero-order chi connectivity index (χ0) is 18.7. The molecule has 0 fully saturated rings. The number of para-hydroxylation sites is 2. The summed E-state index contributed by atoms with van der Waals surface area (Å²) in [5.74, 6) is -0.0145. The Labute approximate surface area is 159 Å². The van der Waals surface area contributed by atoms with E-state index in [0.717, 1.165) is 43.9 Å². The highest BCUT2D eigenvalue weighted by molar-refractivity contribution is 6.16. The van der Waals surface area contributed by atoms with Gasteiger partial charge in [0.25, 0.3) is 0 Å². The summed E-state index contributed by atoms with van der Waals surface area (Å²) in [7, 11) is 0. The first kappa shape index (κ1) is 15.2. The van der Waals surface area contributed by atoms with Gasteiger partial charge in [-0.05, 0) is 48.5 Å². The summed E-state index contributed by atoms with van der Waals surface area (Å²) >= 11 is 0. The average Bonchev–Trinajstić information content (AvgIpc) is 3.30. The number of carbonyl (C=O) groups excluding carboxylic acids is 1. The first-order chi connectivity index (χ1) is 13.8. The molecule has 6 aromatic rings. The third-order valence-electron chi connectivity index (χ3n) is 5.28. The largest absolute Gasteiger partial charge is 0.456 e. The van der Waals surface area contributed by atoms with Crippen molar-refractivity contribution in [2.75, 3.05) is 0 Å². The monoisotopic (exact) mass is 362 g/mol. The van der Waals surface area contributed by atoms with Gasteiger partial charge in [-0.25, -0.2) is 0 Å². The summed E-state index contributed by atoms with van der Waals surface area (Å²) in [5, 5.41) is 3.94. The summed E-state index contributed by atoms with van der Waals surface area (Å²) in [6.45, 7) is 0. The second-order valence-corrected chi connectivity index (χ2v) is 6.95. The van der Waals surface area contributed by atoms with E-state index in [1.165, 1.54) is 0 Å². The zero-order valence-corrected chi connectivity index (χ0v) is 14.8. The lowest BCUT2D eigenvalue weighted by Gasteiger charge is -2.02. The molecule has 0 radical (unpaired) electrons. The maximum absolute atomic E-state index is 13.2. The standard InChI is InChI=1S/C25H14O3/c26-25(15-9-11-23-19(13-15)17-5-1-3-7-21(17)27-23)16-10-12-24-20(14-16)18-6-2-4-8-22(18)28-24/h1-14H. The van der Waals surface area contributed by atoms with E-state index in [1.54, 1.807) is 0 Å². The van der Waals surface area contributed by atoms with Gasteiger partial charge in [-0.2, -0.15) is 0 Å². The number of hydrogen-bond donors (Lipinski definition) is 0. The van der Waals surface area contributed by atoms with Crippen molar-refractivity contribution in [2.45, 2.75) is 0 Å². The molecule has 0 atom stereocenters. The number of benzene rings is 4. The Kier molecular flexibility index (Phi) is 3.03. The highest BCUT2D eigenvalue weighted by Crippen LogP contribution is 2.32. The minimum Gasteiger partial charge on any atom is -0.456 e. The second-order valence-electron chi connectivity index (χ2n) is 6.95. The second kappa shape index (κ2) is 5.57. The predicted octanol–water partition coefficient (Wildman–Crippen LogP) is 6.72. The number of rotatable bonds is 2. The van der Waals surface area contributed by atoms with E-state index >= 15 is 0 Å². The number of furan rings is 2. The third-order valence-corrected chi connectivity index (χ3v) is 5.28. The Morgan fingerprint density at radius 2 is 0.929 bits per heavy atom.